The van der Waals surface area contributed by atoms with Crippen LogP contribution >= 0.6 is 0 Å². The average molecular weight is 464 g/mol. The SMILES string of the molecule is C=CCOc1ccccc1/C=C/C(=O)Nc1ccc(C)c(Nc2nccc(-c3cccnc3)n2)c1. The first-order valence-electron chi connectivity index (χ1n) is 11.1. The molecule has 174 valence electrons. The van der Waals surface area contributed by atoms with Gasteiger partial charge in [-0.3, -0.25) is 9.78 Å². The van der Waals surface area contributed by atoms with Gasteiger partial charge in [-0.25, -0.2) is 9.97 Å². The molecular weight excluding hydrogens is 438 g/mol. The molecule has 0 atom stereocenters. The fourth-order valence-electron chi connectivity index (χ4n) is 3.30. The number of para-hydroxylation sites is 1. The van der Waals surface area contributed by atoms with Crippen molar-refractivity contribution in [1.29, 1.82) is 0 Å². The van der Waals surface area contributed by atoms with Gasteiger partial charge in [-0.15, -0.1) is 0 Å². The van der Waals surface area contributed by atoms with Gasteiger partial charge in [0.1, 0.15) is 12.4 Å². The van der Waals surface area contributed by atoms with Crippen molar-refractivity contribution in [2.45, 2.75) is 6.92 Å². The smallest absolute Gasteiger partial charge is 0.248 e. The van der Waals surface area contributed by atoms with E-state index in [2.05, 4.69) is 32.2 Å². The first kappa shape index (κ1) is 23.4. The zero-order valence-corrected chi connectivity index (χ0v) is 19.3. The molecule has 0 spiro atoms. The fraction of sp³-hybridized carbons (Fsp3) is 0.0714. The molecule has 0 aliphatic heterocycles. The Morgan fingerprint density at radius 3 is 2.80 bits per heavy atom. The molecule has 0 unspecified atom stereocenters. The maximum Gasteiger partial charge on any atom is 0.248 e. The van der Waals surface area contributed by atoms with E-state index >= 15 is 0 Å². The molecular formula is C28H25N5O2. The van der Waals surface area contributed by atoms with Crippen LogP contribution in [0.25, 0.3) is 17.3 Å². The minimum Gasteiger partial charge on any atom is -0.489 e. The van der Waals surface area contributed by atoms with E-state index in [0.717, 1.165) is 28.1 Å². The average Bonchev–Trinajstić information content (AvgIpc) is 2.89. The second-order valence-electron chi connectivity index (χ2n) is 7.62. The Labute approximate surface area is 204 Å². The maximum atomic E-state index is 12.6. The quantitative estimate of drug-likeness (QED) is 0.241. The summed E-state index contributed by atoms with van der Waals surface area (Å²) in [6.07, 6.45) is 10.0. The van der Waals surface area contributed by atoms with E-state index in [-0.39, 0.29) is 5.91 Å². The largest absolute Gasteiger partial charge is 0.489 e. The van der Waals surface area contributed by atoms with E-state index in [0.29, 0.717) is 24.0 Å². The molecule has 0 aliphatic carbocycles. The van der Waals surface area contributed by atoms with Crippen LogP contribution in [-0.2, 0) is 4.79 Å². The van der Waals surface area contributed by atoms with E-state index < -0.39 is 0 Å². The summed E-state index contributed by atoms with van der Waals surface area (Å²) in [6, 6.07) is 18.8. The number of amides is 1. The van der Waals surface area contributed by atoms with Gasteiger partial charge in [0, 0.05) is 47.2 Å². The highest BCUT2D eigenvalue weighted by Gasteiger charge is 2.07. The lowest BCUT2D eigenvalue weighted by molar-refractivity contribution is -0.111. The van der Waals surface area contributed by atoms with Gasteiger partial charge < -0.3 is 15.4 Å². The zero-order valence-electron chi connectivity index (χ0n) is 19.3. The molecule has 0 saturated carbocycles. The number of hydrogen-bond acceptors (Lipinski definition) is 6. The van der Waals surface area contributed by atoms with Crippen molar-refractivity contribution in [1.82, 2.24) is 15.0 Å². The van der Waals surface area contributed by atoms with Crippen molar-refractivity contribution < 1.29 is 9.53 Å². The Balaban J connectivity index is 1.46. The molecule has 0 saturated heterocycles. The van der Waals surface area contributed by atoms with Crippen LogP contribution in [0.2, 0.25) is 0 Å². The Kier molecular flexibility index (Phi) is 7.60. The van der Waals surface area contributed by atoms with Crippen LogP contribution in [0.5, 0.6) is 5.75 Å². The number of benzene rings is 2. The number of ether oxygens (including phenoxy) is 1. The summed E-state index contributed by atoms with van der Waals surface area (Å²) in [6.45, 7) is 6.03. The summed E-state index contributed by atoms with van der Waals surface area (Å²) in [5.41, 5.74) is 4.90. The molecule has 2 aromatic heterocycles. The van der Waals surface area contributed by atoms with Crippen LogP contribution in [0.1, 0.15) is 11.1 Å². The Morgan fingerprint density at radius 1 is 1.09 bits per heavy atom. The molecule has 1 amide bonds. The van der Waals surface area contributed by atoms with Crippen molar-refractivity contribution in [3.63, 3.8) is 0 Å². The van der Waals surface area contributed by atoms with Crippen LogP contribution in [0, 0.1) is 6.92 Å². The molecule has 4 aromatic rings. The van der Waals surface area contributed by atoms with Crippen LogP contribution in [0.15, 0.2) is 98.0 Å². The van der Waals surface area contributed by atoms with Gasteiger partial charge in [-0.2, -0.15) is 0 Å². The molecule has 7 heteroatoms. The van der Waals surface area contributed by atoms with Crippen molar-refractivity contribution >= 4 is 29.3 Å². The Morgan fingerprint density at radius 2 is 1.97 bits per heavy atom. The highest BCUT2D eigenvalue weighted by Crippen LogP contribution is 2.24. The van der Waals surface area contributed by atoms with Gasteiger partial charge in [0.2, 0.25) is 11.9 Å². The highest BCUT2D eigenvalue weighted by atomic mass is 16.5. The third-order valence-electron chi connectivity index (χ3n) is 5.05. The molecule has 0 fully saturated rings. The van der Waals surface area contributed by atoms with Crippen LogP contribution in [0.4, 0.5) is 17.3 Å². The number of carbonyl (C=O) groups excluding carboxylic acids is 1. The molecule has 35 heavy (non-hydrogen) atoms. The molecule has 7 nitrogen and oxygen atoms in total. The van der Waals surface area contributed by atoms with Gasteiger partial charge >= 0.3 is 0 Å². The maximum absolute atomic E-state index is 12.6. The normalized spacial score (nSPS) is 10.7. The standard InChI is InChI=1S/C28H25N5O2/c1-3-17-35-26-9-5-4-7-21(26)11-13-27(34)31-23-12-10-20(2)25(18-23)33-28-30-16-14-24(32-28)22-8-6-15-29-19-22/h3-16,18-19H,1,17H2,2H3,(H,31,34)(H,30,32,33)/b13-11+. The minimum atomic E-state index is -0.256. The number of nitrogens with zero attached hydrogens (tertiary/aromatic N) is 3. The van der Waals surface area contributed by atoms with Crippen molar-refractivity contribution in [2.24, 2.45) is 0 Å². The third kappa shape index (κ3) is 6.39. The fourth-order valence-corrected chi connectivity index (χ4v) is 3.30. The van der Waals surface area contributed by atoms with Gasteiger partial charge in [0.05, 0.1) is 5.69 Å². The molecule has 0 bridgehead atoms. The summed E-state index contributed by atoms with van der Waals surface area (Å²) >= 11 is 0. The number of anilines is 3. The number of aryl methyl sites for hydroxylation is 1. The number of nitrogens with one attached hydrogen (secondary N) is 2. The van der Waals surface area contributed by atoms with E-state index in [1.54, 1.807) is 30.7 Å². The number of rotatable bonds is 9. The molecule has 2 aromatic carbocycles. The number of hydrogen-bond donors (Lipinski definition) is 2. The topological polar surface area (TPSA) is 89.0 Å². The molecule has 2 N–H and O–H groups in total. The van der Waals surface area contributed by atoms with Gasteiger partial charge in [-0.05, 0) is 55.0 Å². The monoisotopic (exact) mass is 463 g/mol. The Bertz CT molecular complexity index is 1350. The number of pyridine rings is 1. The predicted octanol–water partition coefficient (Wildman–Crippen LogP) is 5.81. The second kappa shape index (κ2) is 11.4. The van der Waals surface area contributed by atoms with Gasteiger partial charge in [0.25, 0.3) is 0 Å². The summed E-state index contributed by atoms with van der Waals surface area (Å²) in [5, 5.41) is 6.14. The summed E-state index contributed by atoms with van der Waals surface area (Å²) in [7, 11) is 0. The van der Waals surface area contributed by atoms with Crippen LogP contribution < -0.4 is 15.4 Å². The summed E-state index contributed by atoms with van der Waals surface area (Å²) in [4.78, 5) is 25.6. The lowest BCUT2D eigenvalue weighted by atomic mass is 10.1. The number of carbonyl (C=O) groups is 1. The summed E-state index contributed by atoms with van der Waals surface area (Å²) in [5.74, 6) is 0.883. The van der Waals surface area contributed by atoms with Crippen LogP contribution in [-0.4, -0.2) is 27.5 Å². The second-order valence-corrected chi connectivity index (χ2v) is 7.62. The summed E-state index contributed by atoms with van der Waals surface area (Å²) < 4.78 is 5.63. The third-order valence-corrected chi connectivity index (χ3v) is 5.05. The molecule has 0 radical (unpaired) electrons. The van der Waals surface area contributed by atoms with Crippen LogP contribution in [0.3, 0.4) is 0 Å². The lowest BCUT2D eigenvalue weighted by Gasteiger charge is -2.11. The Hall–Kier alpha value is -4.78. The van der Waals surface area contributed by atoms with E-state index in [9.17, 15) is 4.79 Å². The molecule has 0 aliphatic rings. The molecule has 4 rings (SSSR count). The first-order valence-corrected chi connectivity index (χ1v) is 11.1. The van der Waals surface area contributed by atoms with E-state index in [4.69, 9.17) is 4.74 Å². The van der Waals surface area contributed by atoms with E-state index in [1.807, 2.05) is 67.6 Å². The minimum absolute atomic E-state index is 0.256. The molecule has 2 heterocycles. The van der Waals surface area contributed by atoms with Crippen molar-refractivity contribution in [3.05, 3.63) is 109 Å². The highest BCUT2D eigenvalue weighted by molar-refractivity contribution is 6.02. The van der Waals surface area contributed by atoms with E-state index in [1.165, 1.54) is 6.08 Å². The van der Waals surface area contributed by atoms with Crippen molar-refractivity contribution in [2.75, 3.05) is 17.2 Å². The van der Waals surface area contributed by atoms with Gasteiger partial charge in [-0.1, -0.05) is 36.9 Å². The van der Waals surface area contributed by atoms with Gasteiger partial charge in [0.15, 0.2) is 0 Å². The predicted molar refractivity (Wildman–Crippen MR) is 140 cm³/mol. The first-order chi connectivity index (χ1) is 17.1. The number of aromatic nitrogens is 3. The zero-order chi connectivity index (χ0) is 24.5. The van der Waals surface area contributed by atoms with Crippen molar-refractivity contribution in [3.8, 4) is 17.0 Å². The lowest BCUT2D eigenvalue weighted by Crippen LogP contribution is -2.08.